The van der Waals surface area contributed by atoms with Crippen LogP contribution in [0.2, 0.25) is 0 Å². The van der Waals surface area contributed by atoms with Gasteiger partial charge in [-0.1, -0.05) is 13.3 Å². The van der Waals surface area contributed by atoms with E-state index in [1.165, 1.54) is 38.8 Å². The molecule has 0 spiro atoms. The molecule has 1 unspecified atom stereocenters. The van der Waals surface area contributed by atoms with E-state index < -0.39 is 0 Å². The quantitative estimate of drug-likeness (QED) is 0.663. The minimum absolute atomic E-state index is 0.824. The van der Waals surface area contributed by atoms with Gasteiger partial charge in [0.25, 0.3) is 0 Å². The lowest BCUT2D eigenvalue weighted by atomic mass is 10.0. The van der Waals surface area contributed by atoms with Crippen LogP contribution in [0.5, 0.6) is 0 Å². The molecule has 1 atom stereocenters. The van der Waals surface area contributed by atoms with E-state index in [-0.39, 0.29) is 0 Å². The van der Waals surface area contributed by atoms with Crippen molar-refractivity contribution in [1.82, 2.24) is 15.1 Å². The van der Waals surface area contributed by atoms with Crippen LogP contribution < -0.4 is 5.32 Å². The third-order valence-corrected chi connectivity index (χ3v) is 3.79. The molecule has 1 N–H and O–H groups in total. The van der Waals surface area contributed by atoms with Crippen molar-refractivity contribution in [2.75, 3.05) is 46.8 Å². The first-order chi connectivity index (χ1) is 7.74. The predicted octanol–water partition coefficient (Wildman–Crippen LogP) is 1.40. The van der Waals surface area contributed by atoms with Crippen molar-refractivity contribution in [3.05, 3.63) is 0 Å². The van der Waals surface area contributed by atoms with Gasteiger partial charge < -0.3 is 15.1 Å². The topological polar surface area (TPSA) is 18.5 Å². The summed E-state index contributed by atoms with van der Waals surface area (Å²) in [7, 11) is 4.45. The molecule has 1 heterocycles. The highest BCUT2D eigenvalue weighted by atomic mass is 15.1. The first-order valence-corrected chi connectivity index (χ1v) is 6.83. The zero-order valence-corrected chi connectivity index (χ0v) is 11.3. The Balaban J connectivity index is 1.97. The molecule has 16 heavy (non-hydrogen) atoms. The fourth-order valence-corrected chi connectivity index (χ4v) is 2.33. The van der Waals surface area contributed by atoms with E-state index in [2.05, 4.69) is 36.1 Å². The highest BCUT2D eigenvalue weighted by molar-refractivity contribution is 4.74. The van der Waals surface area contributed by atoms with Crippen molar-refractivity contribution in [2.45, 2.75) is 38.6 Å². The second kappa shape index (κ2) is 8.04. The van der Waals surface area contributed by atoms with Gasteiger partial charge in [0.2, 0.25) is 0 Å². The van der Waals surface area contributed by atoms with Gasteiger partial charge in [-0.25, -0.2) is 0 Å². The van der Waals surface area contributed by atoms with E-state index in [1.807, 2.05) is 0 Å². The molecular weight excluding hydrogens is 198 g/mol. The van der Waals surface area contributed by atoms with E-state index in [0.29, 0.717) is 0 Å². The summed E-state index contributed by atoms with van der Waals surface area (Å²) in [6, 6.07) is 0.824. The monoisotopic (exact) mass is 227 g/mol. The predicted molar refractivity (Wildman–Crippen MR) is 70.9 cm³/mol. The number of hydrogen-bond acceptors (Lipinski definition) is 3. The first kappa shape index (κ1) is 13.9. The third kappa shape index (κ3) is 5.28. The van der Waals surface area contributed by atoms with Gasteiger partial charge in [0.05, 0.1) is 0 Å². The Labute approximate surface area is 101 Å². The SMILES string of the molecule is CCN(C)CCNCCC1CCCCN1C. The van der Waals surface area contributed by atoms with Crippen LogP contribution in [0.3, 0.4) is 0 Å². The fraction of sp³-hybridized carbons (Fsp3) is 1.00. The van der Waals surface area contributed by atoms with Gasteiger partial charge in [0, 0.05) is 19.1 Å². The Bertz CT molecular complexity index is 173. The van der Waals surface area contributed by atoms with Gasteiger partial charge in [-0.3, -0.25) is 0 Å². The second-order valence-corrected chi connectivity index (χ2v) is 5.06. The average Bonchev–Trinajstić information content (AvgIpc) is 2.30. The summed E-state index contributed by atoms with van der Waals surface area (Å²) in [5.74, 6) is 0. The van der Waals surface area contributed by atoms with Crippen molar-refractivity contribution in [1.29, 1.82) is 0 Å². The molecule has 1 aliphatic rings. The number of rotatable bonds is 7. The summed E-state index contributed by atoms with van der Waals surface area (Å²) in [5, 5.41) is 3.55. The average molecular weight is 227 g/mol. The van der Waals surface area contributed by atoms with Crippen LogP contribution in [0, 0.1) is 0 Å². The van der Waals surface area contributed by atoms with Crippen LogP contribution >= 0.6 is 0 Å². The number of hydrogen-bond donors (Lipinski definition) is 1. The van der Waals surface area contributed by atoms with Crippen molar-refractivity contribution >= 4 is 0 Å². The zero-order chi connectivity index (χ0) is 11.8. The largest absolute Gasteiger partial charge is 0.315 e. The summed E-state index contributed by atoms with van der Waals surface area (Å²) < 4.78 is 0. The minimum Gasteiger partial charge on any atom is -0.315 e. The fourth-order valence-electron chi connectivity index (χ4n) is 2.33. The Morgan fingerprint density at radius 2 is 2.12 bits per heavy atom. The summed E-state index contributed by atoms with van der Waals surface area (Å²) >= 11 is 0. The van der Waals surface area contributed by atoms with E-state index >= 15 is 0 Å². The molecule has 0 aromatic heterocycles. The number of likely N-dealkylation sites (N-methyl/N-ethyl adjacent to an activating group) is 1. The van der Waals surface area contributed by atoms with Crippen molar-refractivity contribution in [3.8, 4) is 0 Å². The summed E-state index contributed by atoms with van der Waals surface area (Å²) in [6.07, 6.45) is 5.52. The maximum absolute atomic E-state index is 3.55. The summed E-state index contributed by atoms with van der Waals surface area (Å²) in [5.41, 5.74) is 0. The molecular formula is C13H29N3. The Hall–Kier alpha value is -0.120. The molecule has 0 bridgehead atoms. The Morgan fingerprint density at radius 3 is 2.81 bits per heavy atom. The molecule has 0 saturated carbocycles. The molecule has 0 amide bonds. The van der Waals surface area contributed by atoms with Gasteiger partial charge in [0.15, 0.2) is 0 Å². The van der Waals surface area contributed by atoms with Gasteiger partial charge >= 0.3 is 0 Å². The number of nitrogens with zero attached hydrogens (tertiary/aromatic N) is 2. The first-order valence-electron chi connectivity index (χ1n) is 6.83. The standard InChI is InChI=1S/C13H29N3/c1-4-15(2)12-10-14-9-8-13-7-5-6-11-16(13)3/h13-14H,4-12H2,1-3H3. The number of nitrogens with one attached hydrogen (secondary N) is 1. The maximum atomic E-state index is 3.55. The van der Waals surface area contributed by atoms with Crippen LogP contribution in [0.15, 0.2) is 0 Å². The van der Waals surface area contributed by atoms with E-state index in [1.54, 1.807) is 0 Å². The molecule has 0 aromatic carbocycles. The van der Waals surface area contributed by atoms with Crippen LogP contribution in [0.1, 0.15) is 32.6 Å². The molecule has 3 heteroatoms. The van der Waals surface area contributed by atoms with E-state index in [0.717, 1.165) is 25.7 Å². The van der Waals surface area contributed by atoms with Crippen LogP contribution in [0.25, 0.3) is 0 Å². The third-order valence-electron chi connectivity index (χ3n) is 3.79. The lowest BCUT2D eigenvalue weighted by Crippen LogP contribution is -2.39. The molecule has 96 valence electrons. The summed E-state index contributed by atoms with van der Waals surface area (Å²) in [6.45, 7) is 8.11. The highest BCUT2D eigenvalue weighted by Crippen LogP contribution is 2.16. The molecule has 0 aliphatic carbocycles. The Morgan fingerprint density at radius 1 is 1.31 bits per heavy atom. The smallest absolute Gasteiger partial charge is 0.0104 e. The van der Waals surface area contributed by atoms with Crippen molar-refractivity contribution in [2.24, 2.45) is 0 Å². The van der Waals surface area contributed by atoms with Crippen molar-refractivity contribution < 1.29 is 0 Å². The van der Waals surface area contributed by atoms with Gasteiger partial charge in [0.1, 0.15) is 0 Å². The minimum atomic E-state index is 0.824. The lowest BCUT2D eigenvalue weighted by Gasteiger charge is -2.32. The molecule has 1 aliphatic heterocycles. The van der Waals surface area contributed by atoms with Gasteiger partial charge in [-0.05, 0) is 53.0 Å². The zero-order valence-electron chi connectivity index (χ0n) is 11.3. The lowest BCUT2D eigenvalue weighted by molar-refractivity contribution is 0.175. The number of likely N-dealkylation sites (tertiary alicyclic amines) is 1. The van der Waals surface area contributed by atoms with E-state index in [9.17, 15) is 0 Å². The van der Waals surface area contributed by atoms with Crippen molar-refractivity contribution in [3.63, 3.8) is 0 Å². The summed E-state index contributed by atoms with van der Waals surface area (Å²) in [4.78, 5) is 4.88. The number of piperidine rings is 1. The maximum Gasteiger partial charge on any atom is 0.0104 e. The molecule has 1 rings (SSSR count). The van der Waals surface area contributed by atoms with Crippen LogP contribution in [-0.4, -0.2) is 62.7 Å². The van der Waals surface area contributed by atoms with E-state index in [4.69, 9.17) is 0 Å². The van der Waals surface area contributed by atoms with Gasteiger partial charge in [-0.15, -0.1) is 0 Å². The highest BCUT2D eigenvalue weighted by Gasteiger charge is 2.17. The molecule has 1 saturated heterocycles. The Kier molecular flexibility index (Phi) is 7.01. The molecule has 3 nitrogen and oxygen atoms in total. The van der Waals surface area contributed by atoms with Crippen LogP contribution in [-0.2, 0) is 0 Å². The molecule has 0 aromatic rings. The normalized spacial score (nSPS) is 22.9. The van der Waals surface area contributed by atoms with Gasteiger partial charge in [-0.2, -0.15) is 0 Å². The molecule has 1 fully saturated rings. The van der Waals surface area contributed by atoms with Crippen LogP contribution in [0.4, 0.5) is 0 Å². The second-order valence-electron chi connectivity index (χ2n) is 5.06. The molecule has 0 radical (unpaired) electrons.